The maximum absolute atomic E-state index is 13.5. The first kappa shape index (κ1) is 26.8. The molecule has 0 aromatic heterocycles. The summed E-state index contributed by atoms with van der Waals surface area (Å²) in [5.74, 6) is -0.773. The van der Waals surface area contributed by atoms with Crippen LogP contribution in [0.1, 0.15) is 25.0 Å². The monoisotopic (exact) mass is 473 g/mol. The van der Waals surface area contributed by atoms with Crippen LogP contribution in [-0.4, -0.2) is 63.4 Å². The second-order valence-electron chi connectivity index (χ2n) is 7.85. The molecular weight excluding hydrogens is 438 g/mol. The van der Waals surface area contributed by atoms with Crippen molar-refractivity contribution in [3.05, 3.63) is 47.5 Å². The summed E-state index contributed by atoms with van der Waals surface area (Å²) in [4.78, 5) is 27.7. The van der Waals surface area contributed by atoms with Gasteiger partial charge in [-0.05, 0) is 62.1 Å². The SMILES string of the molecule is CCN(CC)C(=O)[C@@H](Cc1ccc(OC)c(OC)c1)[C@H](Cc1ccc(OC)c(OC)c1)C(=O)O. The van der Waals surface area contributed by atoms with Gasteiger partial charge in [0.05, 0.1) is 40.3 Å². The van der Waals surface area contributed by atoms with E-state index >= 15 is 0 Å². The molecule has 2 aromatic rings. The van der Waals surface area contributed by atoms with Crippen molar-refractivity contribution >= 4 is 11.9 Å². The molecule has 1 amide bonds. The summed E-state index contributed by atoms with van der Waals surface area (Å²) in [7, 11) is 6.16. The first-order chi connectivity index (χ1) is 16.3. The smallest absolute Gasteiger partial charge is 0.307 e. The number of ether oxygens (including phenoxy) is 4. The Morgan fingerprint density at radius 1 is 0.735 bits per heavy atom. The maximum Gasteiger partial charge on any atom is 0.307 e. The lowest BCUT2D eigenvalue weighted by molar-refractivity contribution is -0.150. The third-order valence-electron chi connectivity index (χ3n) is 6.00. The molecule has 0 radical (unpaired) electrons. The number of rotatable bonds is 13. The lowest BCUT2D eigenvalue weighted by Crippen LogP contribution is -2.42. The summed E-state index contributed by atoms with van der Waals surface area (Å²) in [6.45, 7) is 4.78. The van der Waals surface area contributed by atoms with Crippen molar-refractivity contribution in [2.75, 3.05) is 41.5 Å². The molecule has 0 saturated carbocycles. The van der Waals surface area contributed by atoms with E-state index in [4.69, 9.17) is 18.9 Å². The highest BCUT2D eigenvalue weighted by Crippen LogP contribution is 2.33. The highest BCUT2D eigenvalue weighted by Gasteiger charge is 2.36. The number of carbonyl (C=O) groups is 2. The number of nitrogens with zero attached hydrogens (tertiary/aromatic N) is 1. The molecule has 186 valence electrons. The Morgan fingerprint density at radius 3 is 1.50 bits per heavy atom. The van der Waals surface area contributed by atoms with Gasteiger partial charge in [-0.1, -0.05) is 12.1 Å². The largest absolute Gasteiger partial charge is 0.493 e. The summed E-state index contributed by atoms with van der Waals surface area (Å²) in [5, 5.41) is 10.2. The van der Waals surface area contributed by atoms with Crippen LogP contribution in [0, 0.1) is 11.8 Å². The number of carboxylic acid groups (broad SMARTS) is 1. The van der Waals surface area contributed by atoms with Crippen LogP contribution in [0.25, 0.3) is 0 Å². The van der Waals surface area contributed by atoms with Gasteiger partial charge in [-0.25, -0.2) is 0 Å². The lowest BCUT2D eigenvalue weighted by atomic mass is 9.81. The lowest BCUT2D eigenvalue weighted by Gasteiger charge is -2.29. The number of hydrogen-bond acceptors (Lipinski definition) is 6. The Hall–Kier alpha value is -3.42. The van der Waals surface area contributed by atoms with Crippen LogP contribution < -0.4 is 18.9 Å². The minimum absolute atomic E-state index is 0.167. The molecule has 0 spiro atoms. The van der Waals surface area contributed by atoms with Crippen molar-refractivity contribution in [3.63, 3.8) is 0 Å². The van der Waals surface area contributed by atoms with E-state index in [2.05, 4.69) is 0 Å². The molecule has 0 unspecified atom stereocenters. The van der Waals surface area contributed by atoms with E-state index < -0.39 is 17.8 Å². The molecule has 0 heterocycles. The molecule has 0 aliphatic heterocycles. The van der Waals surface area contributed by atoms with E-state index in [0.717, 1.165) is 11.1 Å². The number of hydrogen-bond donors (Lipinski definition) is 1. The zero-order valence-corrected chi connectivity index (χ0v) is 20.8. The number of aliphatic carboxylic acids is 1. The Morgan fingerprint density at radius 2 is 1.15 bits per heavy atom. The molecular formula is C26H35NO7. The molecule has 1 N–H and O–H groups in total. The van der Waals surface area contributed by atoms with Gasteiger partial charge in [-0.3, -0.25) is 9.59 Å². The Kier molecular flexibility index (Phi) is 10.0. The fourth-order valence-corrected chi connectivity index (χ4v) is 4.10. The van der Waals surface area contributed by atoms with E-state index in [1.54, 1.807) is 49.5 Å². The number of carboxylic acids is 1. The van der Waals surface area contributed by atoms with Crippen molar-refractivity contribution < 1.29 is 33.6 Å². The van der Waals surface area contributed by atoms with E-state index in [0.29, 0.717) is 36.1 Å². The molecule has 8 nitrogen and oxygen atoms in total. The molecule has 0 aliphatic carbocycles. The van der Waals surface area contributed by atoms with Crippen LogP contribution in [-0.2, 0) is 22.4 Å². The van der Waals surface area contributed by atoms with Gasteiger partial charge in [-0.2, -0.15) is 0 Å². The van der Waals surface area contributed by atoms with Crippen molar-refractivity contribution in [2.24, 2.45) is 11.8 Å². The minimum Gasteiger partial charge on any atom is -0.493 e. The molecule has 34 heavy (non-hydrogen) atoms. The van der Waals surface area contributed by atoms with Crippen LogP contribution in [0.15, 0.2) is 36.4 Å². The van der Waals surface area contributed by atoms with E-state index in [1.807, 2.05) is 19.9 Å². The molecule has 2 atom stereocenters. The highest BCUT2D eigenvalue weighted by molar-refractivity contribution is 5.85. The van der Waals surface area contributed by atoms with Crippen molar-refractivity contribution in [3.8, 4) is 23.0 Å². The average Bonchev–Trinajstić information content (AvgIpc) is 2.86. The summed E-state index contributed by atoms with van der Waals surface area (Å²) in [6, 6.07) is 10.7. The summed E-state index contributed by atoms with van der Waals surface area (Å²) >= 11 is 0. The number of methoxy groups -OCH3 is 4. The fraction of sp³-hybridized carbons (Fsp3) is 0.462. The Bertz CT molecular complexity index is 972. The molecule has 8 heteroatoms. The second kappa shape index (κ2) is 12.7. The van der Waals surface area contributed by atoms with Gasteiger partial charge in [0.2, 0.25) is 5.91 Å². The topological polar surface area (TPSA) is 94.5 Å². The van der Waals surface area contributed by atoms with Crippen LogP contribution >= 0.6 is 0 Å². The van der Waals surface area contributed by atoms with E-state index in [1.165, 1.54) is 14.2 Å². The second-order valence-corrected chi connectivity index (χ2v) is 7.85. The number of carbonyl (C=O) groups excluding carboxylic acids is 1. The molecule has 0 saturated heterocycles. The van der Waals surface area contributed by atoms with Crippen molar-refractivity contribution in [1.82, 2.24) is 4.90 Å². The van der Waals surface area contributed by atoms with Gasteiger partial charge in [0.1, 0.15) is 0 Å². The summed E-state index contributed by atoms with van der Waals surface area (Å²) < 4.78 is 21.4. The molecule has 2 rings (SSSR count). The Balaban J connectivity index is 2.47. The fourth-order valence-electron chi connectivity index (χ4n) is 4.10. The van der Waals surface area contributed by atoms with Gasteiger partial charge in [-0.15, -0.1) is 0 Å². The van der Waals surface area contributed by atoms with Gasteiger partial charge in [0.15, 0.2) is 23.0 Å². The normalized spacial score (nSPS) is 12.4. The highest BCUT2D eigenvalue weighted by atomic mass is 16.5. The van der Waals surface area contributed by atoms with Gasteiger partial charge in [0.25, 0.3) is 0 Å². The summed E-state index contributed by atoms with van der Waals surface area (Å²) in [6.07, 6.45) is 0.417. The maximum atomic E-state index is 13.5. The molecule has 0 fully saturated rings. The van der Waals surface area contributed by atoms with E-state index in [9.17, 15) is 14.7 Å². The van der Waals surface area contributed by atoms with Crippen LogP contribution in [0.4, 0.5) is 0 Å². The predicted molar refractivity (Wildman–Crippen MR) is 129 cm³/mol. The zero-order valence-electron chi connectivity index (χ0n) is 20.8. The summed E-state index contributed by atoms with van der Waals surface area (Å²) in [5.41, 5.74) is 1.54. The first-order valence-corrected chi connectivity index (χ1v) is 11.3. The minimum atomic E-state index is -1.03. The first-order valence-electron chi connectivity index (χ1n) is 11.3. The van der Waals surface area contributed by atoms with Crippen molar-refractivity contribution in [2.45, 2.75) is 26.7 Å². The van der Waals surface area contributed by atoms with Gasteiger partial charge >= 0.3 is 5.97 Å². The van der Waals surface area contributed by atoms with Crippen LogP contribution in [0.2, 0.25) is 0 Å². The van der Waals surface area contributed by atoms with Gasteiger partial charge < -0.3 is 29.0 Å². The van der Waals surface area contributed by atoms with E-state index in [-0.39, 0.29) is 18.7 Å². The average molecular weight is 474 g/mol. The third-order valence-corrected chi connectivity index (χ3v) is 6.00. The standard InChI is InChI=1S/C26H35NO7/c1-7-27(8-2)25(28)19(13-17-9-11-21(31-3)23(15-17)33-5)20(26(29)30)14-18-10-12-22(32-4)24(16-18)34-6/h9-12,15-16,19-20H,7-8,13-14H2,1-6H3,(H,29,30)/t19-,20-/m0/s1. The molecule has 2 aromatic carbocycles. The van der Waals surface area contributed by atoms with Crippen LogP contribution in [0.3, 0.4) is 0 Å². The molecule has 0 bridgehead atoms. The van der Waals surface area contributed by atoms with Crippen LogP contribution in [0.5, 0.6) is 23.0 Å². The quantitative estimate of drug-likeness (QED) is 0.474. The zero-order chi connectivity index (χ0) is 25.3. The molecule has 0 aliphatic rings. The van der Waals surface area contributed by atoms with Gasteiger partial charge in [0, 0.05) is 13.1 Å². The third kappa shape index (κ3) is 6.34. The number of benzene rings is 2. The predicted octanol–water partition coefficient (Wildman–Crippen LogP) is 3.69. The van der Waals surface area contributed by atoms with Crippen molar-refractivity contribution in [1.29, 1.82) is 0 Å². The number of amides is 1. The Labute approximate surface area is 201 Å².